The predicted molar refractivity (Wildman–Crippen MR) is 119 cm³/mol. The number of nitrogens with one attached hydrogen (secondary N) is 2. The van der Waals surface area contributed by atoms with Gasteiger partial charge in [0.15, 0.2) is 5.78 Å². The number of allylic oxidation sites excluding steroid dienone is 4. The second-order valence-electron chi connectivity index (χ2n) is 8.79. The first-order valence-electron chi connectivity index (χ1n) is 10.6. The van der Waals surface area contributed by atoms with Crippen molar-refractivity contribution in [2.24, 2.45) is 0 Å². The van der Waals surface area contributed by atoms with Crippen LogP contribution in [0.5, 0.6) is 0 Å². The molecule has 0 spiro atoms. The minimum atomic E-state index is -0.689. The van der Waals surface area contributed by atoms with Gasteiger partial charge in [0, 0.05) is 37.6 Å². The number of ketones is 1. The lowest BCUT2D eigenvalue weighted by Crippen LogP contribution is -2.56. The van der Waals surface area contributed by atoms with E-state index in [1.807, 2.05) is 6.07 Å². The van der Waals surface area contributed by atoms with Crippen LogP contribution in [0.4, 0.5) is 5.69 Å². The maximum atomic E-state index is 12.6. The van der Waals surface area contributed by atoms with Crippen LogP contribution in [-0.4, -0.2) is 47.3 Å². The Labute approximate surface area is 183 Å². The molecule has 7 nitrogen and oxygen atoms in total. The van der Waals surface area contributed by atoms with Crippen molar-refractivity contribution in [2.75, 3.05) is 19.0 Å². The number of ether oxygens (including phenoxy) is 1. The maximum Gasteiger partial charge on any atom is 0.255 e. The van der Waals surface area contributed by atoms with Gasteiger partial charge >= 0.3 is 0 Å². The number of hydrogen-bond donors (Lipinski definition) is 4. The van der Waals surface area contributed by atoms with Gasteiger partial charge in [0.2, 0.25) is 0 Å². The molecular weight excluding hydrogens is 396 g/mol. The molecule has 0 saturated heterocycles. The smallest absolute Gasteiger partial charge is 0.255 e. The molecule has 0 saturated carbocycles. The first-order valence-corrected chi connectivity index (χ1v) is 10.6. The summed E-state index contributed by atoms with van der Waals surface area (Å²) in [6.07, 6.45) is 1.71. The van der Waals surface area contributed by atoms with Gasteiger partial charge in [0.05, 0.1) is 18.2 Å². The molecule has 2 aliphatic rings. The fourth-order valence-electron chi connectivity index (χ4n) is 4.10. The molecule has 168 valence electrons. The van der Waals surface area contributed by atoms with Crippen LogP contribution in [0, 0.1) is 0 Å². The van der Waals surface area contributed by atoms with Crippen molar-refractivity contribution >= 4 is 17.4 Å². The maximum absolute atomic E-state index is 12.6. The third kappa shape index (κ3) is 4.83. The van der Waals surface area contributed by atoms with Gasteiger partial charge in [0.25, 0.3) is 5.91 Å². The van der Waals surface area contributed by atoms with Gasteiger partial charge in [-0.3, -0.25) is 9.59 Å². The van der Waals surface area contributed by atoms with Crippen molar-refractivity contribution in [3.63, 3.8) is 0 Å². The predicted octanol–water partition coefficient (Wildman–Crippen LogP) is 3.40. The van der Waals surface area contributed by atoms with E-state index in [0.717, 1.165) is 24.1 Å². The van der Waals surface area contributed by atoms with E-state index >= 15 is 0 Å². The summed E-state index contributed by atoms with van der Waals surface area (Å²) in [4.78, 5) is 24.4. The second kappa shape index (κ2) is 9.24. The number of carbonyl (C=O) groups is 2. The fraction of sp³-hybridized carbons (Fsp3) is 0.500. The van der Waals surface area contributed by atoms with Crippen molar-refractivity contribution in [3.05, 3.63) is 51.9 Å². The van der Waals surface area contributed by atoms with E-state index in [9.17, 15) is 19.8 Å². The summed E-state index contributed by atoms with van der Waals surface area (Å²) in [7, 11) is 1.63. The topological polar surface area (TPSA) is 108 Å². The second-order valence-corrected chi connectivity index (χ2v) is 8.79. The first kappa shape index (κ1) is 23.0. The van der Waals surface area contributed by atoms with Gasteiger partial charge in [-0.1, -0.05) is 11.1 Å². The van der Waals surface area contributed by atoms with Gasteiger partial charge < -0.3 is 25.6 Å². The molecule has 7 heteroatoms. The monoisotopic (exact) mass is 428 g/mol. The number of fused-ring (bicyclic) bond motifs is 1. The lowest BCUT2D eigenvalue weighted by atomic mass is 9.79. The molecule has 2 atom stereocenters. The Hall–Kier alpha value is -2.64. The molecule has 1 heterocycles. The summed E-state index contributed by atoms with van der Waals surface area (Å²) in [5.41, 5.74) is 3.98. The number of anilines is 1. The normalized spacial score (nSPS) is 22.7. The lowest BCUT2D eigenvalue weighted by Gasteiger charge is -2.44. The summed E-state index contributed by atoms with van der Waals surface area (Å²) in [5.74, 6) is -0.802. The Kier molecular flexibility index (Phi) is 6.86. The number of aliphatic hydroxyl groups excluding tert-OH is 2. The van der Waals surface area contributed by atoms with E-state index in [4.69, 9.17) is 4.74 Å². The number of amides is 1. The van der Waals surface area contributed by atoms with Crippen molar-refractivity contribution in [3.8, 4) is 0 Å². The molecule has 2 unspecified atom stereocenters. The van der Waals surface area contributed by atoms with Gasteiger partial charge in [-0.05, 0) is 57.4 Å². The molecule has 1 aliphatic heterocycles. The standard InChI is InChI=1S/C24H32N2O5/c1-14(2)15(3)9-10-24(13-31-4)21(29)12-17-11-16(5-6-18(17)26-24)23(30)25-22-19(27)7-8-20(22)28/h5-6,11,21,26-27,29H,7-10,12-13H2,1-4H3,(H,25,30). The Morgan fingerprint density at radius 2 is 2.03 bits per heavy atom. The van der Waals surface area contributed by atoms with Crippen molar-refractivity contribution in [2.45, 2.75) is 64.5 Å². The molecule has 0 bridgehead atoms. The zero-order chi connectivity index (χ0) is 22.8. The molecule has 4 N–H and O–H groups in total. The molecule has 1 amide bonds. The number of rotatable bonds is 7. The number of methoxy groups -OCH3 is 1. The highest BCUT2D eigenvalue weighted by atomic mass is 16.5. The van der Waals surface area contributed by atoms with E-state index in [0.29, 0.717) is 18.6 Å². The molecule has 1 aromatic rings. The Morgan fingerprint density at radius 3 is 2.65 bits per heavy atom. The molecule has 1 aliphatic carbocycles. The first-order chi connectivity index (χ1) is 14.7. The minimum Gasteiger partial charge on any atom is -0.510 e. The van der Waals surface area contributed by atoms with Crippen molar-refractivity contribution < 1.29 is 24.5 Å². The van der Waals surface area contributed by atoms with Gasteiger partial charge in [0.1, 0.15) is 11.5 Å². The average Bonchev–Trinajstić information content (AvgIpc) is 3.04. The van der Waals surface area contributed by atoms with E-state index in [2.05, 4.69) is 31.4 Å². The van der Waals surface area contributed by atoms with Crippen molar-refractivity contribution in [1.29, 1.82) is 0 Å². The van der Waals surface area contributed by atoms with Crippen LogP contribution >= 0.6 is 0 Å². The SMILES string of the molecule is COCC1(CCC(C)=C(C)C)Nc2ccc(C(=O)NC3=C(O)CCC3=O)cc2CC1O. The molecule has 0 radical (unpaired) electrons. The zero-order valence-electron chi connectivity index (χ0n) is 18.7. The summed E-state index contributed by atoms with van der Waals surface area (Å²) >= 11 is 0. The lowest BCUT2D eigenvalue weighted by molar-refractivity contribution is -0.115. The number of carbonyl (C=O) groups excluding carboxylic acids is 2. The summed E-state index contributed by atoms with van der Waals surface area (Å²) in [6, 6.07) is 5.21. The van der Waals surface area contributed by atoms with Crippen LogP contribution in [0.3, 0.4) is 0 Å². The van der Waals surface area contributed by atoms with Crippen LogP contribution in [0.1, 0.15) is 62.4 Å². The summed E-state index contributed by atoms with van der Waals surface area (Å²) < 4.78 is 5.46. The van der Waals surface area contributed by atoms with Crippen LogP contribution in [0.2, 0.25) is 0 Å². The van der Waals surface area contributed by atoms with E-state index < -0.39 is 17.6 Å². The van der Waals surface area contributed by atoms with Crippen molar-refractivity contribution in [1.82, 2.24) is 5.32 Å². The number of hydrogen-bond acceptors (Lipinski definition) is 6. The average molecular weight is 429 g/mol. The van der Waals surface area contributed by atoms with E-state index in [1.165, 1.54) is 11.1 Å². The molecule has 0 fully saturated rings. The Bertz CT molecular complexity index is 945. The number of aliphatic hydroxyl groups is 2. The molecule has 31 heavy (non-hydrogen) atoms. The van der Waals surface area contributed by atoms with E-state index in [1.54, 1.807) is 19.2 Å². The Morgan fingerprint density at radius 1 is 1.29 bits per heavy atom. The minimum absolute atomic E-state index is 0.0189. The molecule has 0 aromatic heterocycles. The largest absolute Gasteiger partial charge is 0.510 e. The highest BCUT2D eigenvalue weighted by Gasteiger charge is 2.41. The zero-order valence-corrected chi connectivity index (χ0v) is 18.7. The highest BCUT2D eigenvalue weighted by Crippen LogP contribution is 2.36. The number of Topliss-reactive ketones (excluding diaryl/α,β-unsaturated/α-hetero) is 1. The third-order valence-corrected chi connectivity index (χ3v) is 6.40. The van der Waals surface area contributed by atoms with Crippen LogP contribution in [0.15, 0.2) is 40.8 Å². The summed E-state index contributed by atoms with van der Waals surface area (Å²) in [6.45, 7) is 6.63. The van der Waals surface area contributed by atoms with Crippen LogP contribution in [0.25, 0.3) is 0 Å². The van der Waals surface area contributed by atoms with E-state index in [-0.39, 0.29) is 30.1 Å². The van der Waals surface area contributed by atoms with Gasteiger partial charge in [-0.15, -0.1) is 0 Å². The van der Waals surface area contributed by atoms with Crippen LogP contribution < -0.4 is 10.6 Å². The fourth-order valence-corrected chi connectivity index (χ4v) is 4.10. The van der Waals surface area contributed by atoms with Gasteiger partial charge in [-0.25, -0.2) is 0 Å². The third-order valence-electron chi connectivity index (χ3n) is 6.40. The molecule has 3 rings (SSSR count). The van der Waals surface area contributed by atoms with Crippen LogP contribution in [-0.2, 0) is 16.0 Å². The summed E-state index contributed by atoms with van der Waals surface area (Å²) in [5, 5.41) is 26.8. The number of benzene rings is 1. The Balaban J connectivity index is 1.81. The highest BCUT2D eigenvalue weighted by molar-refractivity contribution is 6.05. The quantitative estimate of drug-likeness (QED) is 0.496. The molecular formula is C24H32N2O5. The molecule has 1 aromatic carbocycles. The van der Waals surface area contributed by atoms with Gasteiger partial charge in [-0.2, -0.15) is 0 Å².